The summed E-state index contributed by atoms with van der Waals surface area (Å²) < 4.78 is 16.0. The average Bonchev–Trinajstić information content (AvgIpc) is 2.92. The summed E-state index contributed by atoms with van der Waals surface area (Å²) in [5.74, 6) is 2.73. The molecule has 5 nitrogen and oxygen atoms in total. The van der Waals surface area contributed by atoms with E-state index in [2.05, 4.69) is 20.1 Å². The van der Waals surface area contributed by atoms with Crippen LogP contribution in [-0.4, -0.2) is 38.9 Å². The lowest BCUT2D eigenvalue weighted by Gasteiger charge is -2.38. The van der Waals surface area contributed by atoms with Crippen molar-refractivity contribution in [2.24, 2.45) is 29.6 Å². The second-order valence-electron chi connectivity index (χ2n) is 11.7. The van der Waals surface area contributed by atoms with Gasteiger partial charge < -0.3 is 14.2 Å². The lowest BCUT2D eigenvalue weighted by Crippen LogP contribution is -2.27. The Balaban J connectivity index is 1.75. The fourth-order valence-electron chi connectivity index (χ4n) is 6.23. The van der Waals surface area contributed by atoms with Crippen molar-refractivity contribution in [3.05, 3.63) is 24.3 Å². The largest absolute Gasteiger partial charge is 0.462 e. The number of esters is 2. The molecule has 0 aromatic carbocycles. The molecule has 1 unspecified atom stereocenters. The van der Waals surface area contributed by atoms with E-state index in [1.807, 2.05) is 6.92 Å². The molecule has 212 valence electrons. The number of carbonyl (C=O) groups excluding carboxylic acids is 2. The Morgan fingerprint density at radius 2 is 1.27 bits per heavy atom. The number of rotatable bonds is 17. The summed E-state index contributed by atoms with van der Waals surface area (Å²) in [5.41, 5.74) is 0.767. The first-order valence-corrected chi connectivity index (χ1v) is 15.1. The summed E-state index contributed by atoms with van der Waals surface area (Å²) in [5, 5.41) is 0. The lowest BCUT2D eigenvalue weighted by atomic mass is 9.68. The van der Waals surface area contributed by atoms with Gasteiger partial charge in [-0.3, -0.25) is 0 Å². The van der Waals surface area contributed by atoms with Crippen LogP contribution in [-0.2, 0) is 23.8 Å². The van der Waals surface area contributed by atoms with Crippen molar-refractivity contribution >= 4 is 11.9 Å². The van der Waals surface area contributed by atoms with E-state index in [0.29, 0.717) is 23.5 Å². The molecule has 1 atom stereocenters. The highest BCUT2D eigenvalue weighted by molar-refractivity contribution is 5.88. The van der Waals surface area contributed by atoms with Crippen LogP contribution in [0.4, 0.5) is 0 Å². The molecule has 0 aromatic rings. The van der Waals surface area contributed by atoms with Crippen LogP contribution in [0.15, 0.2) is 24.3 Å². The van der Waals surface area contributed by atoms with Gasteiger partial charge in [0, 0.05) is 18.6 Å². The second kappa shape index (κ2) is 17.8. The Morgan fingerprint density at radius 1 is 0.757 bits per heavy atom. The highest BCUT2D eigenvalue weighted by atomic mass is 16.5. The first-order chi connectivity index (χ1) is 17.9. The molecule has 2 saturated carbocycles. The van der Waals surface area contributed by atoms with Crippen LogP contribution in [0, 0.1) is 29.6 Å². The molecule has 0 bridgehead atoms. The number of unbranched alkanes of at least 4 members (excludes halogenated alkanes) is 2. The van der Waals surface area contributed by atoms with Gasteiger partial charge >= 0.3 is 11.9 Å². The molecular formula is C32H54O5. The van der Waals surface area contributed by atoms with Crippen molar-refractivity contribution in [2.75, 3.05) is 26.9 Å². The maximum atomic E-state index is 12.2. The first kappa shape index (κ1) is 31.6. The Kier molecular flexibility index (Phi) is 15.2. The van der Waals surface area contributed by atoms with E-state index in [1.54, 1.807) is 0 Å². The van der Waals surface area contributed by atoms with Gasteiger partial charge in [0.05, 0.1) is 25.4 Å². The van der Waals surface area contributed by atoms with Gasteiger partial charge in [-0.1, -0.05) is 78.4 Å². The van der Waals surface area contributed by atoms with E-state index >= 15 is 0 Å². The van der Waals surface area contributed by atoms with Gasteiger partial charge in [0.2, 0.25) is 0 Å². The van der Waals surface area contributed by atoms with Crippen LogP contribution in [0.25, 0.3) is 0 Å². The van der Waals surface area contributed by atoms with Gasteiger partial charge in [-0.25, -0.2) is 9.59 Å². The Hall–Kier alpha value is -1.62. The Bertz CT molecular complexity index is 698. The predicted molar refractivity (Wildman–Crippen MR) is 150 cm³/mol. The maximum absolute atomic E-state index is 12.2. The van der Waals surface area contributed by atoms with Crippen molar-refractivity contribution in [3.8, 4) is 0 Å². The summed E-state index contributed by atoms with van der Waals surface area (Å²) in [6.07, 6.45) is 19.2. The van der Waals surface area contributed by atoms with Gasteiger partial charge in [0.15, 0.2) is 0 Å². The van der Waals surface area contributed by atoms with Crippen molar-refractivity contribution in [3.63, 3.8) is 0 Å². The minimum absolute atomic E-state index is 0.0198. The zero-order chi connectivity index (χ0) is 27.0. The van der Waals surface area contributed by atoms with Gasteiger partial charge in [-0.15, -0.1) is 0 Å². The van der Waals surface area contributed by atoms with Gasteiger partial charge in [0.25, 0.3) is 0 Å². The van der Waals surface area contributed by atoms with Crippen molar-refractivity contribution in [2.45, 2.75) is 110 Å². The van der Waals surface area contributed by atoms with E-state index in [-0.39, 0.29) is 31.7 Å². The monoisotopic (exact) mass is 518 g/mol. The van der Waals surface area contributed by atoms with Gasteiger partial charge in [-0.05, 0) is 68.6 Å². The number of carbonyl (C=O) groups is 2. The summed E-state index contributed by atoms with van der Waals surface area (Å²) in [7, 11) is 1.52. The van der Waals surface area contributed by atoms with Crippen LogP contribution in [0.5, 0.6) is 0 Å². The molecule has 0 spiro atoms. The first-order valence-electron chi connectivity index (χ1n) is 15.1. The normalized spacial score (nSPS) is 24.7. The molecule has 5 heteroatoms. The molecule has 37 heavy (non-hydrogen) atoms. The summed E-state index contributed by atoms with van der Waals surface area (Å²) in [4.78, 5) is 24.3. The van der Waals surface area contributed by atoms with E-state index in [9.17, 15) is 9.59 Å². The molecule has 0 saturated heterocycles. The second-order valence-corrected chi connectivity index (χ2v) is 11.7. The number of hydrogen-bond acceptors (Lipinski definition) is 5. The third-order valence-corrected chi connectivity index (χ3v) is 8.87. The zero-order valence-corrected chi connectivity index (χ0v) is 24.1. The molecule has 0 amide bonds. The fourth-order valence-corrected chi connectivity index (χ4v) is 6.23. The molecule has 0 heterocycles. The van der Waals surface area contributed by atoms with Crippen molar-refractivity contribution < 1.29 is 23.8 Å². The minimum Gasteiger partial charge on any atom is -0.462 e. The van der Waals surface area contributed by atoms with Crippen molar-refractivity contribution in [1.29, 1.82) is 0 Å². The fraction of sp³-hybridized carbons (Fsp3) is 0.812. The Labute approximate surface area is 226 Å². The van der Waals surface area contributed by atoms with Crippen LogP contribution in [0.1, 0.15) is 110 Å². The molecular weight excluding hydrogens is 464 g/mol. The minimum atomic E-state index is -0.447. The molecule has 2 rings (SSSR count). The number of methoxy groups -OCH3 is 1. The SMILES string of the molecule is C=C(CC)C(=O)OCC(CCC1CCC(C2CCC(CCCCC)CC2)CC1)COC(=O)C(=C)COC. The molecule has 2 aliphatic carbocycles. The third kappa shape index (κ3) is 11.8. The van der Waals surface area contributed by atoms with E-state index in [0.717, 1.165) is 30.6 Å². The van der Waals surface area contributed by atoms with Crippen molar-refractivity contribution in [1.82, 2.24) is 0 Å². The van der Waals surface area contributed by atoms with Gasteiger partial charge in [-0.2, -0.15) is 0 Å². The standard InChI is InChI=1S/C32H54O5/c1-6-8-9-10-26-13-17-29(18-14-26)30-19-15-27(16-20-30)11-12-28(22-36-31(33)24(3)7-2)23-37-32(34)25(4)21-35-5/h26-30H,3-4,6-23H2,1-2,5H3. The molecule has 0 aliphatic heterocycles. The zero-order valence-electron chi connectivity index (χ0n) is 24.1. The molecule has 2 aliphatic rings. The molecule has 0 N–H and O–H groups in total. The van der Waals surface area contributed by atoms with Gasteiger partial charge in [0.1, 0.15) is 0 Å². The topological polar surface area (TPSA) is 61.8 Å². The van der Waals surface area contributed by atoms with E-state index < -0.39 is 5.97 Å². The highest BCUT2D eigenvalue weighted by Crippen LogP contribution is 2.43. The van der Waals surface area contributed by atoms with E-state index in [4.69, 9.17) is 14.2 Å². The van der Waals surface area contributed by atoms with Crippen LogP contribution < -0.4 is 0 Å². The summed E-state index contributed by atoms with van der Waals surface area (Å²) in [6, 6.07) is 0. The molecule has 0 aromatic heterocycles. The summed E-state index contributed by atoms with van der Waals surface area (Å²) in [6.45, 7) is 12.3. The smallest absolute Gasteiger partial charge is 0.335 e. The van der Waals surface area contributed by atoms with Crippen LogP contribution in [0.3, 0.4) is 0 Å². The molecule has 2 fully saturated rings. The third-order valence-electron chi connectivity index (χ3n) is 8.87. The quantitative estimate of drug-likeness (QED) is 0.112. The maximum Gasteiger partial charge on any atom is 0.335 e. The lowest BCUT2D eigenvalue weighted by molar-refractivity contribution is -0.144. The van der Waals surface area contributed by atoms with Crippen LogP contribution >= 0.6 is 0 Å². The average molecular weight is 519 g/mol. The molecule has 0 radical (unpaired) electrons. The predicted octanol–water partition coefficient (Wildman–Crippen LogP) is 7.83. The number of hydrogen-bond donors (Lipinski definition) is 0. The van der Waals surface area contributed by atoms with Crippen LogP contribution in [0.2, 0.25) is 0 Å². The summed E-state index contributed by atoms with van der Waals surface area (Å²) >= 11 is 0. The van der Waals surface area contributed by atoms with E-state index in [1.165, 1.54) is 84.2 Å². The highest BCUT2D eigenvalue weighted by Gasteiger charge is 2.31. The Morgan fingerprint density at radius 3 is 1.76 bits per heavy atom. The number of ether oxygens (including phenoxy) is 3.